The van der Waals surface area contributed by atoms with E-state index in [1.807, 2.05) is 0 Å². The third kappa shape index (κ3) is 6.69. The minimum atomic E-state index is -4.79. The van der Waals surface area contributed by atoms with Gasteiger partial charge in [0.25, 0.3) is 5.92 Å². The predicted molar refractivity (Wildman–Crippen MR) is 117 cm³/mol. The molecule has 2 N–H and O–H groups in total. The lowest BCUT2D eigenvalue weighted by Crippen LogP contribution is -2.47. The lowest BCUT2D eigenvalue weighted by atomic mass is 9.95. The lowest BCUT2D eigenvalue weighted by molar-refractivity contribution is -0.139. The Morgan fingerprint density at radius 3 is 2.54 bits per heavy atom. The van der Waals surface area contributed by atoms with Gasteiger partial charge in [0.1, 0.15) is 11.0 Å². The number of halogens is 5. The molecule has 192 valence electrons. The van der Waals surface area contributed by atoms with Crippen LogP contribution in [0.1, 0.15) is 51.4 Å². The summed E-state index contributed by atoms with van der Waals surface area (Å²) >= 11 is 1.13. The number of carbonyl (C=O) groups excluding carboxylic acids is 1. The summed E-state index contributed by atoms with van der Waals surface area (Å²) in [5.41, 5.74) is -2.17. The highest BCUT2D eigenvalue weighted by molar-refractivity contribution is 7.13. The first kappa shape index (κ1) is 26.9. The molecule has 0 aliphatic carbocycles. The van der Waals surface area contributed by atoms with E-state index in [0.717, 1.165) is 28.3 Å². The first-order valence-corrected chi connectivity index (χ1v) is 11.7. The minimum absolute atomic E-state index is 0.00693. The van der Waals surface area contributed by atoms with Gasteiger partial charge in [-0.1, -0.05) is 12.1 Å². The van der Waals surface area contributed by atoms with Gasteiger partial charge in [0.15, 0.2) is 0 Å². The zero-order chi connectivity index (χ0) is 25.8. The number of aryl methyl sites for hydroxylation is 1. The molecule has 1 aromatic heterocycles. The Morgan fingerprint density at radius 1 is 1.17 bits per heavy atom. The van der Waals surface area contributed by atoms with Crippen molar-refractivity contribution in [2.45, 2.75) is 56.3 Å². The number of nitrogens with zero attached hydrogens (tertiary/aromatic N) is 1. The predicted octanol–water partition coefficient (Wildman–Crippen LogP) is 5.54. The molecule has 1 aliphatic heterocycles. The highest BCUT2D eigenvalue weighted by Crippen LogP contribution is 2.38. The summed E-state index contributed by atoms with van der Waals surface area (Å²) in [6.45, 7) is 0.330. The van der Waals surface area contributed by atoms with Gasteiger partial charge >= 0.3 is 18.2 Å². The van der Waals surface area contributed by atoms with Crippen molar-refractivity contribution in [3.63, 3.8) is 0 Å². The number of benzene rings is 1. The zero-order valence-corrected chi connectivity index (χ0v) is 19.2. The van der Waals surface area contributed by atoms with Crippen LogP contribution in [0.4, 0.5) is 26.7 Å². The molecule has 0 saturated carbocycles. The Morgan fingerprint density at radius 2 is 1.89 bits per heavy atom. The maximum Gasteiger partial charge on any atom is 0.416 e. The number of aliphatic hydroxyl groups is 1. The molecule has 6 nitrogen and oxygen atoms in total. The van der Waals surface area contributed by atoms with Crippen molar-refractivity contribution in [2.24, 2.45) is 0 Å². The number of carboxylic acids is 1. The quantitative estimate of drug-likeness (QED) is 0.401. The van der Waals surface area contributed by atoms with E-state index in [0.29, 0.717) is 31.4 Å². The van der Waals surface area contributed by atoms with Gasteiger partial charge < -0.3 is 19.8 Å². The summed E-state index contributed by atoms with van der Waals surface area (Å²) < 4.78 is 73.2. The number of alkyl halides is 5. The molecule has 2 aromatic rings. The van der Waals surface area contributed by atoms with Gasteiger partial charge in [0.2, 0.25) is 0 Å². The summed E-state index contributed by atoms with van der Waals surface area (Å²) in [7, 11) is 0. The molecule has 1 aliphatic rings. The number of amides is 1. The number of thiophene rings is 1. The van der Waals surface area contributed by atoms with Crippen LogP contribution in [-0.4, -0.2) is 52.5 Å². The lowest BCUT2D eigenvalue weighted by Gasteiger charge is -2.36. The maximum absolute atomic E-state index is 14.7. The van der Waals surface area contributed by atoms with Crippen molar-refractivity contribution in [3.8, 4) is 0 Å². The fourth-order valence-electron chi connectivity index (χ4n) is 3.92. The molecule has 3 rings (SSSR count). The fraction of sp³-hybridized carbons (Fsp3) is 0.478. The SMILES string of the molecule is O=C(O)c1ccc(CCCN2C(=O)OCCC2CCC(O)C(F)(F)c2cccc(C(F)(F)F)c2)s1. The van der Waals surface area contributed by atoms with Crippen LogP contribution in [-0.2, 0) is 23.3 Å². The number of hydrogen-bond acceptors (Lipinski definition) is 5. The molecule has 0 bridgehead atoms. The second-order valence-electron chi connectivity index (χ2n) is 8.22. The maximum atomic E-state index is 14.7. The van der Waals surface area contributed by atoms with Crippen molar-refractivity contribution in [3.05, 3.63) is 57.3 Å². The zero-order valence-electron chi connectivity index (χ0n) is 18.4. The van der Waals surface area contributed by atoms with E-state index in [1.165, 1.54) is 11.0 Å². The van der Waals surface area contributed by atoms with E-state index in [9.17, 15) is 36.6 Å². The summed E-state index contributed by atoms with van der Waals surface area (Å²) in [5, 5.41) is 19.2. The third-order valence-electron chi connectivity index (χ3n) is 5.81. The monoisotopic (exact) mass is 521 g/mol. The van der Waals surface area contributed by atoms with Gasteiger partial charge in [0.05, 0.1) is 12.2 Å². The van der Waals surface area contributed by atoms with Gasteiger partial charge in [-0.25, -0.2) is 9.59 Å². The molecule has 12 heteroatoms. The molecule has 1 aromatic carbocycles. The van der Waals surface area contributed by atoms with Crippen LogP contribution < -0.4 is 0 Å². The van der Waals surface area contributed by atoms with Crippen molar-refractivity contribution >= 4 is 23.4 Å². The molecule has 35 heavy (non-hydrogen) atoms. The summed E-state index contributed by atoms with van der Waals surface area (Å²) in [5.74, 6) is -4.94. The molecule has 2 heterocycles. The Balaban J connectivity index is 1.59. The number of hydrogen-bond donors (Lipinski definition) is 2. The highest BCUT2D eigenvalue weighted by atomic mass is 32.1. The number of aliphatic hydroxyl groups excluding tert-OH is 1. The van der Waals surface area contributed by atoms with Gasteiger partial charge in [-0.3, -0.25) is 0 Å². The van der Waals surface area contributed by atoms with Crippen molar-refractivity contribution in [1.82, 2.24) is 4.90 Å². The summed E-state index contributed by atoms with van der Waals surface area (Å²) in [6.07, 6.45) is -6.74. The van der Waals surface area contributed by atoms with E-state index in [2.05, 4.69) is 0 Å². The van der Waals surface area contributed by atoms with Crippen LogP contribution in [0.5, 0.6) is 0 Å². The molecule has 0 radical (unpaired) electrons. The average Bonchev–Trinajstić information content (AvgIpc) is 3.27. The fourth-order valence-corrected chi connectivity index (χ4v) is 4.81. The highest BCUT2D eigenvalue weighted by Gasteiger charge is 2.42. The number of ether oxygens (including phenoxy) is 1. The van der Waals surface area contributed by atoms with Crippen molar-refractivity contribution in [1.29, 1.82) is 0 Å². The van der Waals surface area contributed by atoms with Crippen LogP contribution in [0.15, 0.2) is 36.4 Å². The summed E-state index contributed by atoms with van der Waals surface area (Å²) in [4.78, 5) is 25.6. The molecular formula is C23H24F5NO5S. The van der Waals surface area contributed by atoms with E-state index in [1.54, 1.807) is 6.07 Å². The molecule has 1 fully saturated rings. The Hall–Kier alpha value is -2.73. The summed E-state index contributed by atoms with van der Waals surface area (Å²) in [6, 6.07) is 5.40. The number of carbonyl (C=O) groups is 2. The Kier molecular flexibility index (Phi) is 8.37. The van der Waals surface area contributed by atoms with Crippen molar-refractivity contribution < 1.29 is 46.5 Å². The number of cyclic esters (lactones) is 1. The minimum Gasteiger partial charge on any atom is -0.477 e. The van der Waals surface area contributed by atoms with Crippen molar-refractivity contribution in [2.75, 3.05) is 13.2 Å². The molecule has 2 atom stereocenters. The van der Waals surface area contributed by atoms with Crippen LogP contribution >= 0.6 is 11.3 Å². The smallest absolute Gasteiger partial charge is 0.416 e. The second kappa shape index (κ2) is 10.9. The van der Waals surface area contributed by atoms with Gasteiger partial charge in [-0.15, -0.1) is 11.3 Å². The van der Waals surface area contributed by atoms with Gasteiger partial charge in [0, 0.05) is 29.4 Å². The molecule has 2 unspecified atom stereocenters. The van der Waals surface area contributed by atoms with Crippen LogP contribution in [0, 0.1) is 0 Å². The number of carboxylic acid groups (broad SMARTS) is 1. The molecule has 1 saturated heterocycles. The van der Waals surface area contributed by atoms with E-state index < -0.39 is 53.9 Å². The standard InChI is InChI=1S/C23H24F5NO5S/c24-22(25,14-3-1-4-15(13-14)23(26,27)28)19(30)9-6-16-10-12-34-21(33)29(16)11-2-5-17-7-8-18(35-17)20(31)32/h1,3-4,7-8,13,16,19,30H,2,5-6,9-12H2,(H,31,32). The van der Waals surface area contributed by atoms with Gasteiger partial charge in [-0.2, -0.15) is 22.0 Å². The largest absolute Gasteiger partial charge is 0.477 e. The second-order valence-corrected chi connectivity index (χ2v) is 9.39. The Labute approximate surface area is 201 Å². The van der Waals surface area contributed by atoms with Gasteiger partial charge in [-0.05, 0) is 49.9 Å². The van der Waals surface area contributed by atoms with E-state index in [4.69, 9.17) is 9.84 Å². The first-order chi connectivity index (χ1) is 16.4. The number of rotatable bonds is 10. The van der Waals surface area contributed by atoms with E-state index >= 15 is 0 Å². The van der Waals surface area contributed by atoms with Crippen LogP contribution in [0.3, 0.4) is 0 Å². The van der Waals surface area contributed by atoms with Crippen LogP contribution in [0.2, 0.25) is 0 Å². The average molecular weight is 522 g/mol. The van der Waals surface area contributed by atoms with Crippen LogP contribution in [0.25, 0.3) is 0 Å². The van der Waals surface area contributed by atoms with E-state index in [-0.39, 0.29) is 24.4 Å². The molecule has 1 amide bonds. The normalized spacial score (nSPS) is 17.8. The first-order valence-electron chi connectivity index (χ1n) is 10.9. The Bertz CT molecular complexity index is 1040. The number of aromatic carboxylic acids is 1. The topological polar surface area (TPSA) is 87.1 Å². The molecular weight excluding hydrogens is 497 g/mol. The third-order valence-corrected chi connectivity index (χ3v) is 6.95. The molecule has 0 spiro atoms.